The monoisotopic (exact) mass is 361 g/mol. The van der Waals surface area contributed by atoms with Crippen molar-refractivity contribution in [3.05, 3.63) is 70.6 Å². The highest BCUT2D eigenvalue weighted by Crippen LogP contribution is 2.35. The first-order chi connectivity index (χ1) is 12.7. The number of rotatable bonds is 4. The minimum atomic E-state index is -0.0248. The molecule has 0 aliphatic heterocycles. The predicted octanol–water partition coefficient (Wildman–Crippen LogP) is 4.91. The highest BCUT2D eigenvalue weighted by molar-refractivity contribution is 7.18. The predicted molar refractivity (Wildman–Crippen MR) is 108 cm³/mol. The van der Waals surface area contributed by atoms with Gasteiger partial charge in [-0.1, -0.05) is 31.2 Å². The Bertz CT molecular complexity index is 1130. The Morgan fingerprint density at radius 2 is 1.77 bits per heavy atom. The van der Waals surface area contributed by atoms with E-state index in [2.05, 4.69) is 35.2 Å². The van der Waals surface area contributed by atoms with E-state index >= 15 is 0 Å². The first-order valence-corrected chi connectivity index (χ1v) is 9.52. The van der Waals surface area contributed by atoms with Crippen molar-refractivity contribution in [1.82, 2.24) is 14.8 Å². The largest absolute Gasteiger partial charge is 0.274 e. The number of pyridine rings is 1. The maximum Gasteiger partial charge on any atom is 0.274 e. The molecule has 3 heterocycles. The van der Waals surface area contributed by atoms with E-state index in [1.807, 2.05) is 43.5 Å². The van der Waals surface area contributed by atoms with Gasteiger partial charge in [0.1, 0.15) is 5.69 Å². The molecule has 0 spiro atoms. The molecule has 0 aliphatic carbocycles. The smallest absolute Gasteiger partial charge is 0.267 e. The number of fused-ring (bicyclic) bond motifs is 1. The summed E-state index contributed by atoms with van der Waals surface area (Å²) in [4.78, 5) is 19.3. The van der Waals surface area contributed by atoms with E-state index in [9.17, 15) is 4.79 Å². The molecule has 0 N–H and O–H groups in total. The second-order valence-corrected chi connectivity index (χ2v) is 7.39. The molecule has 3 aromatic heterocycles. The lowest BCUT2D eigenvalue weighted by Crippen LogP contribution is -2.23. The summed E-state index contributed by atoms with van der Waals surface area (Å²) in [6, 6.07) is 15.9. The van der Waals surface area contributed by atoms with Crippen molar-refractivity contribution < 1.29 is 0 Å². The zero-order valence-corrected chi connectivity index (χ0v) is 15.6. The summed E-state index contributed by atoms with van der Waals surface area (Å²) < 4.78 is 1.58. The summed E-state index contributed by atoms with van der Waals surface area (Å²) in [5.74, 6) is 0. The van der Waals surface area contributed by atoms with E-state index < -0.39 is 0 Å². The number of thiophene rings is 1. The van der Waals surface area contributed by atoms with Crippen molar-refractivity contribution in [2.75, 3.05) is 0 Å². The zero-order chi connectivity index (χ0) is 18.1. The normalized spacial score (nSPS) is 11.2. The van der Waals surface area contributed by atoms with Crippen LogP contribution in [-0.4, -0.2) is 14.8 Å². The van der Waals surface area contributed by atoms with E-state index in [0.29, 0.717) is 6.54 Å². The van der Waals surface area contributed by atoms with E-state index in [-0.39, 0.29) is 5.56 Å². The minimum absolute atomic E-state index is 0.0248. The van der Waals surface area contributed by atoms with Gasteiger partial charge < -0.3 is 0 Å². The molecule has 4 rings (SSSR count). The molecular weight excluding hydrogens is 342 g/mol. The Morgan fingerprint density at radius 3 is 2.50 bits per heavy atom. The number of hydrogen-bond donors (Lipinski definition) is 0. The second-order valence-electron chi connectivity index (χ2n) is 6.31. The molecule has 0 fully saturated rings. The van der Waals surface area contributed by atoms with E-state index in [1.165, 1.54) is 0 Å². The molecular formula is C21H19N3OS. The topological polar surface area (TPSA) is 47.8 Å². The van der Waals surface area contributed by atoms with Crippen LogP contribution in [0.4, 0.5) is 0 Å². The molecule has 0 saturated carbocycles. The van der Waals surface area contributed by atoms with Crippen LogP contribution >= 0.6 is 11.3 Å². The molecule has 5 heteroatoms. The second kappa shape index (κ2) is 6.84. The van der Waals surface area contributed by atoms with Gasteiger partial charge in [-0.25, -0.2) is 4.68 Å². The van der Waals surface area contributed by atoms with Gasteiger partial charge in [-0.3, -0.25) is 9.78 Å². The van der Waals surface area contributed by atoms with Crippen molar-refractivity contribution in [2.24, 2.45) is 0 Å². The summed E-state index contributed by atoms with van der Waals surface area (Å²) in [7, 11) is 0. The molecule has 0 radical (unpaired) electrons. The van der Waals surface area contributed by atoms with Crippen LogP contribution < -0.4 is 5.56 Å². The molecule has 130 valence electrons. The fourth-order valence-electron chi connectivity index (χ4n) is 3.00. The van der Waals surface area contributed by atoms with Crippen LogP contribution in [0.15, 0.2) is 59.5 Å². The van der Waals surface area contributed by atoms with Gasteiger partial charge >= 0.3 is 0 Å². The molecule has 26 heavy (non-hydrogen) atoms. The Morgan fingerprint density at radius 1 is 1.00 bits per heavy atom. The maximum absolute atomic E-state index is 12.7. The zero-order valence-electron chi connectivity index (χ0n) is 14.8. The van der Waals surface area contributed by atoms with Gasteiger partial charge in [-0.2, -0.15) is 5.10 Å². The van der Waals surface area contributed by atoms with Crippen molar-refractivity contribution in [3.63, 3.8) is 0 Å². The Balaban J connectivity index is 1.88. The Labute approximate surface area is 155 Å². The molecule has 4 nitrogen and oxygen atoms in total. The van der Waals surface area contributed by atoms with E-state index in [0.717, 1.165) is 43.9 Å². The molecule has 0 unspecified atom stereocenters. The van der Waals surface area contributed by atoms with Crippen LogP contribution in [-0.2, 0) is 6.54 Å². The van der Waals surface area contributed by atoms with Gasteiger partial charge in [-0.15, -0.1) is 11.3 Å². The Hall–Kier alpha value is -2.79. The molecule has 0 bridgehead atoms. The lowest BCUT2D eigenvalue weighted by atomic mass is 10.1. The molecule has 0 atom stereocenters. The third kappa shape index (κ3) is 2.95. The summed E-state index contributed by atoms with van der Waals surface area (Å²) in [5.41, 5.74) is 2.93. The summed E-state index contributed by atoms with van der Waals surface area (Å²) >= 11 is 1.65. The highest BCUT2D eigenvalue weighted by atomic mass is 32.1. The Kier molecular flexibility index (Phi) is 4.39. The van der Waals surface area contributed by atoms with Crippen LogP contribution in [0.3, 0.4) is 0 Å². The van der Waals surface area contributed by atoms with Gasteiger partial charge in [0.05, 0.1) is 20.8 Å². The van der Waals surface area contributed by atoms with Gasteiger partial charge in [0.25, 0.3) is 5.56 Å². The quantitative estimate of drug-likeness (QED) is 0.519. The number of nitrogens with zero attached hydrogens (tertiary/aromatic N) is 3. The van der Waals surface area contributed by atoms with E-state index in [1.54, 1.807) is 16.0 Å². The number of benzene rings is 1. The van der Waals surface area contributed by atoms with Gasteiger partial charge in [-0.05, 0) is 43.2 Å². The fourth-order valence-corrected chi connectivity index (χ4v) is 3.98. The van der Waals surface area contributed by atoms with Crippen LogP contribution in [0.5, 0.6) is 0 Å². The minimum Gasteiger partial charge on any atom is -0.267 e. The summed E-state index contributed by atoms with van der Waals surface area (Å²) in [6.45, 7) is 4.70. The number of aromatic nitrogens is 3. The highest BCUT2D eigenvalue weighted by Gasteiger charge is 2.14. The molecule has 4 aromatic rings. The average molecular weight is 361 g/mol. The maximum atomic E-state index is 12.7. The molecule has 0 aliphatic rings. The van der Waals surface area contributed by atoms with Crippen molar-refractivity contribution in [3.8, 4) is 21.1 Å². The van der Waals surface area contributed by atoms with Gasteiger partial charge in [0, 0.05) is 18.1 Å². The molecule has 1 aromatic carbocycles. The number of hydrogen-bond acceptors (Lipinski definition) is 4. The summed E-state index contributed by atoms with van der Waals surface area (Å²) in [6.07, 6.45) is 2.75. The van der Waals surface area contributed by atoms with Crippen LogP contribution in [0.1, 0.15) is 18.9 Å². The number of aryl methyl sites for hydroxylation is 2. The van der Waals surface area contributed by atoms with Crippen molar-refractivity contribution in [2.45, 2.75) is 26.8 Å². The van der Waals surface area contributed by atoms with Gasteiger partial charge in [0.2, 0.25) is 0 Å². The van der Waals surface area contributed by atoms with Crippen molar-refractivity contribution >= 4 is 22.1 Å². The third-order valence-electron chi connectivity index (χ3n) is 4.31. The first-order valence-electron chi connectivity index (χ1n) is 8.70. The lowest BCUT2D eigenvalue weighted by Gasteiger charge is -2.09. The molecule has 0 amide bonds. The van der Waals surface area contributed by atoms with Crippen molar-refractivity contribution in [1.29, 1.82) is 0 Å². The standard InChI is InChI=1S/C21H19N3OS/c1-3-12-24-21(25)16-7-5-4-6-15(16)20(23-24)19-11-10-18(26-19)17-9-8-14(2)13-22-17/h4-11,13H,3,12H2,1-2H3. The van der Waals surface area contributed by atoms with E-state index in [4.69, 9.17) is 0 Å². The fraction of sp³-hybridized carbons (Fsp3) is 0.190. The van der Waals surface area contributed by atoms with Crippen LogP contribution in [0, 0.1) is 6.92 Å². The van der Waals surface area contributed by atoms with Gasteiger partial charge in [0.15, 0.2) is 0 Å². The van der Waals surface area contributed by atoms with Crippen LogP contribution in [0.25, 0.3) is 31.9 Å². The SMILES string of the molecule is CCCn1nc(-c2ccc(-c3ccc(C)cn3)s2)c2ccccc2c1=O. The lowest BCUT2D eigenvalue weighted by molar-refractivity contribution is 0.576. The summed E-state index contributed by atoms with van der Waals surface area (Å²) in [5, 5.41) is 6.29. The average Bonchev–Trinajstić information content (AvgIpc) is 3.15. The first kappa shape index (κ1) is 16.7. The third-order valence-corrected chi connectivity index (χ3v) is 5.42. The van der Waals surface area contributed by atoms with Crippen LogP contribution in [0.2, 0.25) is 0 Å². The molecule has 0 saturated heterocycles.